The number of alkyl halides is 1. The number of carbonyl (C=O) groups excluding carboxylic acids is 2. The predicted molar refractivity (Wildman–Crippen MR) is 117 cm³/mol. The van der Waals surface area contributed by atoms with E-state index in [0.29, 0.717) is 10.0 Å². The minimum absolute atomic E-state index is 0.124. The molecule has 1 aliphatic rings. The number of hydrogen-bond acceptors (Lipinski definition) is 3. The van der Waals surface area contributed by atoms with Gasteiger partial charge in [-0.1, -0.05) is 36.4 Å². The second kappa shape index (κ2) is 9.34. The van der Waals surface area contributed by atoms with Gasteiger partial charge in [0.05, 0.1) is 17.1 Å². The summed E-state index contributed by atoms with van der Waals surface area (Å²) < 4.78 is 34.0. The molecule has 1 fully saturated rings. The molecule has 2 amide bonds. The van der Waals surface area contributed by atoms with Crippen LogP contribution in [0.2, 0.25) is 0 Å². The number of hydrogen-bond donors (Lipinski definition) is 1. The molecule has 0 aliphatic carbocycles. The van der Waals surface area contributed by atoms with Crippen LogP contribution in [0.5, 0.6) is 0 Å². The summed E-state index contributed by atoms with van der Waals surface area (Å²) >= 11 is 3.13. The van der Waals surface area contributed by atoms with E-state index in [1.807, 2.05) is 30.3 Å². The van der Waals surface area contributed by atoms with Crippen LogP contribution >= 0.6 is 15.9 Å². The average molecular weight is 495 g/mol. The van der Waals surface area contributed by atoms with E-state index in [0.717, 1.165) is 10.5 Å². The number of likely N-dealkylation sites (tertiary alicyclic amines) is 1. The van der Waals surface area contributed by atoms with Gasteiger partial charge in [0.25, 0.3) is 0 Å². The minimum Gasteiger partial charge on any atom is -0.444 e. The third kappa shape index (κ3) is 5.81. The number of rotatable bonds is 4. The van der Waals surface area contributed by atoms with Crippen LogP contribution in [0.1, 0.15) is 44.4 Å². The molecule has 0 spiro atoms. The van der Waals surface area contributed by atoms with Crippen LogP contribution < -0.4 is 5.32 Å². The molecule has 8 heteroatoms. The summed E-state index contributed by atoms with van der Waals surface area (Å²) in [5, 5.41) is 2.87. The molecule has 0 aromatic heterocycles. The highest BCUT2D eigenvalue weighted by Crippen LogP contribution is 2.28. The minimum atomic E-state index is -1.33. The number of benzene rings is 2. The molecular formula is C23H25BrF2N2O3. The molecule has 1 heterocycles. The average Bonchev–Trinajstić information content (AvgIpc) is 3.10. The Bertz CT molecular complexity index is 950. The fourth-order valence-corrected chi connectivity index (χ4v) is 3.74. The van der Waals surface area contributed by atoms with E-state index in [2.05, 4.69) is 21.2 Å². The van der Waals surface area contributed by atoms with Crippen molar-refractivity contribution in [2.45, 2.75) is 51.0 Å². The molecule has 2 aromatic rings. The lowest BCUT2D eigenvalue weighted by molar-refractivity contribution is -0.126. The molecule has 1 saturated heterocycles. The summed E-state index contributed by atoms with van der Waals surface area (Å²) in [7, 11) is 0. The monoisotopic (exact) mass is 494 g/mol. The second-order valence-electron chi connectivity index (χ2n) is 8.51. The second-order valence-corrected chi connectivity index (χ2v) is 9.36. The SMILES string of the molecule is CC(C)(C)OC(=O)N1C[C@H](F)C[C@H]1C(=O)N[C@@H](c1ccccc1)c1ccc(Br)c(F)c1. The van der Waals surface area contributed by atoms with Gasteiger partial charge in [-0.25, -0.2) is 13.6 Å². The van der Waals surface area contributed by atoms with Crippen molar-refractivity contribution in [2.75, 3.05) is 6.54 Å². The highest BCUT2D eigenvalue weighted by molar-refractivity contribution is 9.10. The standard InChI is InChI=1S/C23H25BrF2N2O3/c1-23(2,3)31-22(30)28-13-16(25)12-19(28)21(29)27-20(14-7-5-4-6-8-14)15-9-10-17(24)18(26)11-15/h4-11,16,19-20H,12-13H2,1-3H3,(H,27,29)/t16-,19+,20+/m1/s1. The van der Waals surface area contributed by atoms with Gasteiger partial charge in [-0.2, -0.15) is 0 Å². The number of carbonyl (C=O) groups is 2. The molecule has 166 valence electrons. The van der Waals surface area contributed by atoms with Gasteiger partial charge in [0.15, 0.2) is 0 Å². The number of ether oxygens (including phenoxy) is 1. The first kappa shape index (κ1) is 23.2. The Morgan fingerprint density at radius 3 is 2.45 bits per heavy atom. The van der Waals surface area contributed by atoms with Gasteiger partial charge in [0.2, 0.25) is 5.91 Å². The van der Waals surface area contributed by atoms with Gasteiger partial charge in [0, 0.05) is 6.42 Å². The van der Waals surface area contributed by atoms with Crippen molar-refractivity contribution in [2.24, 2.45) is 0 Å². The van der Waals surface area contributed by atoms with E-state index in [1.165, 1.54) is 6.07 Å². The third-order valence-electron chi connectivity index (χ3n) is 4.88. The molecule has 0 saturated carbocycles. The van der Waals surface area contributed by atoms with Gasteiger partial charge in [-0.05, 0) is 60.0 Å². The van der Waals surface area contributed by atoms with Crippen LogP contribution in [0.15, 0.2) is 53.0 Å². The Morgan fingerprint density at radius 1 is 1.16 bits per heavy atom. The molecule has 3 rings (SSSR count). The Kier molecular flexibility index (Phi) is 6.99. The molecule has 0 unspecified atom stereocenters. The van der Waals surface area contributed by atoms with Crippen molar-refractivity contribution < 1.29 is 23.1 Å². The van der Waals surface area contributed by atoms with Crippen LogP contribution in [0.3, 0.4) is 0 Å². The van der Waals surface area contributed by atoms with Crippen molar-refractivity contribution in [1.29, 1.82) is 0 Å². The first-order valence-corrected chi connectivity index (χ1v) is 10.8. The lowest BCUT2D eigenvalue weighted by Crippen LogP contribution is -2.48. The maximum absolute atomic E-state index is 14.2. The third-order valence-corrected chi connectivity index (χ3v) is 5.52. The van der Waals surface area contributed by atoms with E-state index in [1.54, 1.807) is 32.9 Å². The Morgan fingerprint density at radius 2 is 1.84 bits per heavy atom. The molecule has 2 aromatic carbocycles. The van der Waals surface area contributed by atoms with Crippen LogP contribution in [-0.4, -0.2) is 41.3 Å². The van der Waals surface area contributed by atoms with E-state index in [-0.39, 0.29) is 13.0 Å². The van der Waals surface area contributed by atoms with Gasteiger partial charge in [0.1, 0.15) is 23.6 Å². The summed E-state index contributed by atoms with van der Waals surface area (Å²) in [5.41, 5.74) is 0.489. The highest BCUT2D eigenvalue weighted by Gasteiger charge is 2.42. The quantitative estimate of drug-likeness (QED) is 0.639. The number of nitrogens with one attached hydrogen (secondary N) is 1. The molecule has 3 atom stereocenters. The zero-order chi connectivity index (χ0) is 22.8. The van der Waals surface area contributed by atoms with Crippen molar-refractivity contribution >= 4 is 27.9 Å². The highest BCUT2D eigenvalue weighted by atomic mass is 79.9. The normalized spacial score (nSPS) is 19.7. The van der Waals surface area contributed by atoms with E-state index in [9.17, 15) is 18.4 Å². The summed E-state index contributed by atoms with van der Waals surface area (Å²) in [4.78, 5) is 26.8. The summed E-state index contributed by atoms with van der Waals surface area (Å²) in [5.74, 6) is -0.990. The van der Waals surface area contributed by atoms with Crippen molar-refractivity contribution in [1.82, 2.24) is 10.2 Å². The Balaban J connectivity index is 1.87. The fraction of sp³-hybridized carbons (Fsp3) is 0.391. The lowest BCUT2D eigenvalue weighted by atomic mass is 9.98. The van der Waals surface area contributed by atoms with E-state index in [4.69, 9.17) is 4.74 Å². The molecule has 31 heavy (non-hydrogen) atoms. The van der Waals surface area contributed by atoms with Crippen molar-refractivity contribution in [3.05, 3.63) is 69.9 Å². The molecule has 0 radical (unpaired) electrons. The van der Waals surface area contributed by atoms with Crippen LogP contribution in [0, 0.1) is 5.82 Å². The van der Waals surface area contributed by atoms with E-state index >= 15 is 0 Å². The Labute approximate surface area is 188 Å². The topological polar surface area (TPSA) is 58.6 Å². The summed E-state index contributed by atoms with van der Waals surface area (Å²) in [6.45, 7) is 4.90. The van der Waals surface area contributed by atoms with Gasteiger partial charge in [-0.3, -0.25) is 9.69 Å². The van der Waals surface area contributed by atoms with Gasteiger partial charge < -0.3 is 10.1 Å². The number of halogens is 3. The molecule has 1 N–H and O–H groups in total. The largest absolute Gasteiger partial charge is 0.444 e. The van der Waals surface area contributed by atoms with Crippen molar-refractivity contribution in [3.8, 4) is 0 Å². The van der Waals surface area contributed by atoms with Crippen LogP contribution in [-0.2, 0) is 9.53 Å². The maximum Gasteiger partial charge on any atom is 0.411 e. The molecule has 1 aliphatic heterocycles. The zero-order valence-corrected chi connectivity index (χ0v) is 19.2. The molecule has 5 nitrogen and oxygen atoms in total. The molecule has 0 bridgehead atoms. The fourth-order valence-electron chi connectivity index (χ4n) is 3.49. The first-order chi connectivity index (χ1) is 14.5. The summed E-state index contributed by atoms with van der Waals surface area (Å²) in [6.07, 6.45) is -2.19. The zero-order valence-electron chi connectivity index (χ0n) is 17.6. The van der Waals surface area contributed by atoms with Gasteiger partial charge in [-0.15, -0.1) is 0 Å². The maximum atomic E-state index is 14.2. The Hall–Kier alpha value is -2.48. The van der Waals surface area contributed by atoms with Crippen LogP contribution in [0.25, 0.3) is 0 Å². The van der Waals surface area contributed by atoms with Crippen molar-refractivity contribution in [3.63, 3.8) is 0 Å². The molecular weight excluding hydrogens is 470 g/mol. The first-order valence-electron chi connectivity index (χ1n) is 9.99. The number of amides is 2. The predicted octanol–water partition coefficient (Wildman–Crippen LogP) is 5.14. The van der Waals surface area contributed by atoms with E-state index < -0.39 is 41.7 Å². The summed E-state index contributed by atoms with van der Waals surface area (Å²) in [6, 6.07) is 12.0. The smallest absolute Gasteiger partial charge is 0.411 e. The lowest BCUT2D eigenvalue weighted by Gasteiger charge is -2.29. The van der Waals surface area contributed by atoms with Gasteiger partial charge >= 0.3 is 6.09 Å². The van der Waals surface area contributed by atoms with Crippen LogP contribution in [0.4, 0.5) is 13.6 Å². The number of nitrogens with zero attached hydrogens (tertiary/aromatic N) is 1.